The van der Waals surface area contributed by atoms with Gasteiger partial charge in [0.25, 0.3) is 5.56 Å². The fourth-order valence-electron chi connectivity index (χ4n) is 2.27. The highest BCUT2D eigenvalue weighted by Crippen LogP contribution is 2.24. The SMILES string of the molecule is C[C@@H](CO)Nc1nc(Nc2cc(Cl)ccn2)cc2cc[nH]c(=O)c12. The average Bonchev–Trinajstić information content (AvgIpc) is 2.54. The highest BCUT2D eigenvalue weighted by molar-refractivity contribution is 6.30. The summed E-state index contributed by atoms with van der Waals surface area (Å²) in [5.74, 6) is 1.44. The van der Waals surface area contributed by atoms with Gasteiger partial charge in [0.1, 0.15) is 17.5 Å². The lowest BCUT2D eigenvalue weighted by Gasteiger charge is -2.15. The Balaban J connectivity index is 2.07. The molecule has 8 heteroatoms. The van der Waals surface area contributed by atoms with Crippen molar-refractivity contribution in [2.75, 3.05) is 17.2 Å². The molecule has 3 aromatic heterocycles. The number of hydrogen-bond acceptors (Lipinski definition) is 6. The lowest BCUT2D eigenvalue weighted by molar-refractivity contribution is 0.281. The zero-order valence-corrected chi connectivity index (χ0v) is 13.6. The third kappa shape index (κ3) is 3.47. The Bertz CT molecular complexity index is 928. The van der Waals surface area contributed by atoms with Crippen LogP contribution in [0.3, 0.4) is 0 Å². The van der Waals surface area contributed by atoms with Gasteiger partial charge in [-0.3, -0.25) is 4.79 Å². The van der Waals surface area contributed by atoms with Gasteiger partial charge in [-0.15, -0.1) is 0 Å². The van der Waals surface area contributed by atoms with Crippen molar-refractivity contribution in [3.05, 3.63) is 52.0 Å². The van der Waals surface area contributed by atoms with E-state index >= 15 is 0 Å². The maximum Gasteiger partial charge on any atom is 0.259 e. The lowest BCUT2D eigenvalue weighted by Crippen LogP contribution is -2.22. The van der Waals surface area contributed by atoms with Crippen molar-refractivity contribution >= 4 is 39.8 Å². The lowest BCUT2D eigenvalue weighted by atomic mass is 10.2. The minimum Gasteiger partial charge on any atom is -0.394 e. The van der Waals surface area contributed by atoms with E-state index in [0.29, 0.717) is 33.2 Å². The number of aliphatic hydroxyl groups excluding tert-OH is 1. The second-order valence-corrected chi connectivity index (χ2v) is 5.78. The molecule has 0 bridgehead atoms. The van der Waals surface area contributed by atoms with Crippen LogP contribution >= 0.6 is 11.6 Å². The first-order valence-electron chi connectivity index (χ1n) is 7.35. The molecule has 7 nitrogen and oxygen atoms in total. The topological polar surface area (TPSA) is 103 Å². The van der Waals surface area contributed by atoms with Crippen LogP contribution in [0.1, 0.15) is 6.92 Å². The molecule has 0 fully saturated rings. The summed E-state index contributed by atoms with van der Waals surface area (Å²) in [6.07, 6.45) is 3.16. The third-order valence-electron chi connectivity index (χ3n) is 3.39. The number of aliphatic hydroxyl groups is 1. The van der Waals surface area contributed by atoms with Crippen molar-refractivity contribution in [3.63, 3.8) is 0 Å². The smallest absolute Gasteiger partial charge is 0.259 e. The maximum absolute atomic E-state index is 12.1. The summed E-state index contributed by atoms with van der Waals surface area (Å²) in [6, 6.07) is 6.64. The molecule has 0 spiro atoms. The standard InChI is InChI=1S/C16H16ClN5O2/c1-9(8-23)20-15-14-10(2-4-19-16(14)24)6-13(22-15)21-12-7-11(17)3-5-18-12/h2-7,9,23H,8H2,1H3,(H,19,24)(H2,18,20,21,22)/t9-/m0/s1. The molecule has 1 atom stereocenters. The van der Waals surface area contributed by atoms with Gasteiger partial charge in [0.2, 0.25) is 0 Å². The maximum atomic E-state index is 12.1. The van der Waals surface area contributed by atoms with Gasteiger partial charge in [0, 0.05) is 23.5 Å². The molecule has 3 heterocycles. The molecule has 3 aromatic rings. The van der Waals surface area contributed by atoms with Crippen LogP contribution in [0.4, 0.5) is 17.5 Å². The Morgan fingerprint density at radius 2 is 2.17 bits per heavy atom. The number of anilines is 3. The molecule has 0 radical (unpaired) electrons. The van der Waals surface area contributed by atoms with Crippen LogP contribution in [0.15, 0.2) is 41.5 Å². The van der Waals surface area contributed by atoms with Crippen LogP contribution in [-0.2, 0) is 0 Å². The van der Waals surface area contributed by atoms with E-state index in [4.69, 9.17) is 11.6 Å². The molecule has 0 unspecified atom stereocenters. The molecule has 124 valence electrons. The fraction of sp³-hybridized carbons (Fsp3) is 0.188. The number of nitrogens with one attached hydrogen (secondary N) is 3. The van der Waals surface area contributed by atoms with Crippen LogP contribution in [0.5, 0.6) is 0 Å². The summed E-state index contributed by atoms with van der Waals surface area (Å²) in [7, 11) is 0. The number of hydrogen-bond donors (Lipinski definition) is 4. The minimum absolute atomic E-state index is 0.0819. The van der Waals surface area contributed by atoms with Crippen LogP contribution in [0.2, 0.25) is 5.02 Å². The number of H-pyrrole nitrogens is 1. The number of rotatable bonds is 5. The summed E-state index contributed by atoms with van der Waals surface area (Å²) < 4.78 is 0. The van der Waals surface area contributed by atoms with E-state index in [1.54, 1.807) is 43.6 Å². The van der Waals surface area contributed by atoms with E-state index in [-0.39, 0.29) is 18.2 Å². The van der Waals surface area contributed by atoms with Crippen molar-refractivity contribution in [3.8, 4) is 0 Å². The van der Waals surface area contributed by atoms with Crippen LogP contribution < -0.4 is 16.2 Å². The van der Waals surface area contributed by atoms with E-state index in [1.165, 1.54) is 0 Å². The number of aromatic nitrogens is 3. The third-order valence-corrected chi connectivity index (χ3v) is 3.62. The van der Waals surface area contributed by atoms with Crippen molar-refractivity contribution < 1.29 is 5.11 Å². The summed E-state index contributed by atoms with van der Waals surface area (Å²) in [5, 5.41) is 17.1. The molecule has 0 amide bonds. The highest BCUT2D eigenvalue weighted by atomic mass is 35.5. The van der Waals surface area contributed by atoms with Gasteiger partial charge in [-0.2, -0.15) is 0 Å². The van der Waals surface area contributed by atoms with E-state index in [0.717, 1.165) is 0 Å². The molecule has 24 heavy (non-hydrogen) atoms. The molecule has 0 aliphatic rings. The molecule has 4 N–H and O–H groups in total. The zero-order valence-electron chi connectivity index (χ0n) is 12.9. The summed E-state index contributed by atoms with van der Waals surface area (Å²) in [6.45, 7) is 1.71. The van der Waals surface area contributed by atoms with Gasteiger partial charge in [-0.1, -0.05) is 11.6 Å². The normalized spacial score (nSPS) is 12.1. The molecule has 3 rings (SSSR count). The van der Waals surface area contributed by atoms with Crippen molar-refractivity contribution in [2.45, 2.75) is 13.0 Å². The van der Waals surface area contributed by atoms with Gasteiger partial charge >= 0.3 is 0 Å². The Labute approximate surface area is 142 Å². The summed E-state index contributed by atoms with van der Waals surface area (Å²) >= 11 is 5.96. The monoisotopic (exact) mass is 345 g/mol. The quantitative estimate of drug-likeness (QED) is 0.566. The van der Waals surface area contributed by atoms with Crippen LogP contribution in [-0.4, -0.2) is 32.7 Å². The number of pyridine rings is 3. The fourth-order valence-corrected chi connectivity index (χ4v) is 2.43. The Hall–Kier alpha value is -2.64. The van der Waals surface area contributed by atoms with Crippen LogP contribution in [0.25, 0.3) is 10.8 Å². The van der Waals surface area contributed by atoms with Gasteiger partial charge < -0.3 is 20.7 Å². The number of aromatic amines is 1. The molecule has 0 aromatic carbocycles. The Morgan fingerprint density at radius 1 is 1.33 bits per heavy atom. The molecule has 0 aliphatic carbocycles. The first kappa shape index (κ1) is 16.2. The van der Waals surface area contributed by atoms with Crippen molar-refractivity contribution in [2.24, 2.45) is 0 Å². The van der Waals surface area contributed by atoms with Gasteiger partial charge in [-0.25, -0.2) is 9.97 Å². The van der Waals surface area contributed by atoms with Gasteiger partial charge in [0.15, 0.2) is 0 Å². The second-order valence-electron chi connectivity index (χ2n) is 5.34. The van der Waals surface area contributed by atoms with E-state index in [9.17, 15) is 9.90 Å². The highest BCUT2D eigenvalue weighted by Gasteiger charge is 2.12. The average molecular weight is 346 g/mol. The zero-order chi connectivity index (χ0) is 17.1. The predicted molar refractivity (Wildman–Crippen MR) is 95.1 cm³/mol. The van der Waals surface area contributed by atoms with Gasteiger partial charge in [-0.05, 0) is 36.6 Å². The van der Waals surface area contributed by atoms with E-state index in [2.05, 4.69) is 25.6 Å². The van der Waals surface area contributed by atoms with Crippen molar-refractivity contribution in [1.29, 1.82) is 0 Å². The first-order chi connectivity index (χ1) is 11.6. The Morgan fingerprint density at radius 3 is 2.92 bits per heavy atom. The van der Waals surface area contributed by atoms with Gasteiger partial charge in [0.05, 0.1) is 12.0 Å². The Kier molecular flexibility index (Phi) is 4.64. The second kappa shape index (κ2) is 6.86. The number of nitrogens with zero attached hydrogens (tertiary/aromatic N) is 2. The van der Waals surface area contributed by atoms with Crippen LogP contribution in [0, 0.1) is 0 Å². The number of fused-ring (bicyclic) bond motifs is 1. The molecular weight excluding hydrogens is 330 g/mol. The van der Waals surface area contributed by atoms with E-state index in [1.807, 2.05) is 0 Å². The summed E-state index contributed by atoms with van der Waals surface area (Å²) in [4.78, 5) is 23.4. The largest absolute Gasteiger partial charge is 0.394 e. The minimum atomic E-state index is -0.250. The molecule has 0 saturated heterocycles. The molecular formula is C16H16ClN5O2. The number of halogens is 1. The predicted octanol–water partition coefficient (Wildman–Crippen LogP) is 2.51. The van der Waals surface area contributed by atoms with Crippen molar-refractivity contribution in [1.82, 2.24) is 15.0 Å². The first-order valence-corrected chi connectivity index (χ1v) is 7.73. The molecule has 0 saturated carbocycles. The summed E-state index contributed by atoms with van der Waals surface area (Å²) in [5.41, 5.74) is -0.250. The molecule has 0 aliphatic heterocycles. The van der Waals surface area contributed by atoms with E-state index < -0.39 is 0 Å².